The van der Waals surface area contributed by atoms with Gasteiger partial charge in [-0.05, 0) is 18.9 Å². The number of hydroxylamine groups is 3. The van der Waals surface area contributed by atoms with Crippen LogP contribution in [0.15, 0.2) is 11.6 Å². The highest BCUT2D eigenvalue weighted by molar-refractivity contribution is 5.80. The molecule has 1 fully saturated rings. The van der Waals surface area contributed by atoms with Gasteiger partial charge in [-0.1, -0.05) is 13.8 Å². The summed E-state index contributed by atoms with van der Waals surface area (Å²) in [5.74, 6) is -1.44. The molecule has 0 aromatic heterocycles. The molecule has 0 bridgehead atoms. The zero-order chi connectivity index (χ0) is 16.7. The van der Waals surface area contributed by atoms with E-state index in [1.807, 2.05) is 0 Å². The highest BCUT2D eigenvalue weighted by Gasteiger charge is 2.49. The molecule has 0 aromatic rings. The number of ether oxygens (including phenoxy) is 1. The summed E-state index contributed by atoms with van der Waals surface area (Å²) in [6.45, 7) is 5.02. The fourth-order valence-corrected chi connectivity index (χ4v) is 3.41. The summed E-state index contributed by atoms with van der Waals surface area (Å²) < 4.78 is 4.64. The van der Waals surface area contributed by atoms with Crippen molar-refractivity contribution in [3.63, 3.8) is 0 Å². The molecular formula is C15H25NO6. The SMILES string of the molecule is CC(C)[C@](O)(C(=O)OCC1=CC[N@+]2([O-])CC[C@@H](O)[C@H]12)[C@@H](C)O. The maximum absolute atomic E-state index is 12.4. The minimum atomic E-state index is -1.99. The van der Waals surface area contributed by atoms with Crippen LogP contribution >= 0.6 is 0 Å². The largest absolute Gasteiger partial charge is 0.632 e. The van der Waals surface area contributed by atoms with E-state index in [0.717, 1.165) is 0 Å². The monoisotopic (exact) mass is 315 g/mol. The Balaban J connectivity index is 2.03. The van der Waals surface area contributed by atoms with Crippen molar-refractivity contribution in [2.75, 3.05) is 19.7 Å². The van der Waals surface area contributed by atoms with E-state index >= 15 is 0 Å². The molecule has 0 radical (unpaired) electrons. The van der Waals surface area contributed by atoms with Gasteiger partial charge in [0.05, 0.1) is 19.2 Å². The highest BCUT2D eigenvalue weighted by Crippen LogP contribution is 2.36. The fraction of sp³-hybridized carbons (Fsp3) is 0.800. The zero-order valence-electron chi connectivity index (χ0n) is 13.2. The Labute approximate surface area is 130 Å². The van der Waals surface area contributed by atoms with Gasteiger partial charge in [-0.2, -0.15) is 0 Å². The average molecular weight is 315 g/mol. The average Bonchev–Trinajstić information content (AvgIpc) is 2.92. The third-order valence-corrected chi connectivity index (χ3v) is 4.93. The molecule has 0 spiro atoms. The van der Waals surface area contributed by atoms with Crippen molar-refractivity contribution in [3.8, 4) is 0 Å². The second-order valence-corrected chi connectivity index (χ2v) is 6.67. The number of aliphatic hydroxyl groups excluding tert-OH is 2. The molecule has 2 aliphatic heterocycles. The van der Waals surface area contributed by atoms with Crippen LogP contribution in [0.25, 0.3) is 0 Å². The van der Waals surface area contributed by atoms with Crippen molar-refractivity contribution in [1.82, 2.24) is 0 Å². The van der Waals surface area contributed by atoms with Crippen molar-refractivity contribution in [1.29, 1.82) is 0 Å². The molecule has 7 nitrogen and oxygen atoms in total. The summed E-state index contributed by atoms with van der Waals surface area (Å²) in [6, 6.07) is -0.591. The number of esters is 1. The number of nitrogens with zero attached hydrogens (tertiary/aromatic N) is 1. The lowest BCUT2D eigenvalue weighted by molar-refractivity contribution is -0.877. The smallest absolute Gasteiger partial charge is 0.341 e. The number of carbonyl (C=O) groups excluding carboxylic acids is 1. The maximum Gasteiger partial charge on any atom is 0.341 e. The first-order valence-corrected chi connectivity index (χ1v) is 7.65. The number of hydrogen-bond acceptors (Lipinski definition) is 6. The molecule has 0 amide bonds. The van der Waals surface area contributed by atoms with Crippen LogP contribution in [0.1, 0.15) is 27.2 Å². The quantitative estimate of drug-likeness (QED) is 0.278. The molecule has 3 N–H and O–H groups in total. The van der Waals surface area contributed by atoms with Gasteiger partial charge >= 0.3 is 5.97 Å². The van der Waals surface area contributed by atoms with Crippen molar-refractivity contribution < 1.29 is 29.5 Å². The first-order chi connectivity index (χ1) is 10.1. The minimum Gasteiger partial charge on any atom is -0.632 e. The van der Waals surface area contributed by atoms with Gasteiger partial charge < -0.3 is 29.9 Å². The molecule has 2 heterocycles. The summed E-state index contributed by atoms with van der Waals surface area (Å²) in [5, 5.41) is 42.4. The Kier molecular flexibility index (Phi) is 4.66. The van der Waals surface area contributed by atoms with Gasteiger partial charge in [-0.3, -0.25) is 0 Å². The maximum atomic E-state index is 12.4. The Hall–Kier alpha value is -0.990. The molecule has 22 heavy (non-hydrogen) atoms. The predicted octanol–water partition coefficient (Wildman–Crippen LogP) is -0.315. The van der Waals surface area contributed by atoms with E-state index in [-0.39, 0.29) is 13.2 Å². The van der Waals surface area contributed by atoms with Crippen LogP contribution in [0.4, 0.5) is 0 Å². The topological polar surface area (TPSA) is 110 Å². The molecule has 7 heteroatoms. The number of hydrogen-bond donors (Lipinski definition) is 3. The van der Waals surface area contributed by atoms with Crippen LogP contribution in [0.5, 0.6) is 0 Å². The zero-order valence-corrected chi connectivity index (χ0v) is 13.2. The highest BCUT2D eigenvalue weighted by atomic mass is 16.6. The molecule has 2 rings (SSSR count). The van der Waals surface area contributed by atoms with Crippen molar-refractivity contribution >= 4 is 5.97 Å². The Morgan fingerprint density at radius 3 is 2.73 bits per heavy atom. The van der Waals surface area contributed by atoms with Gasteiger partial charge in [0, 0.05) is 12.0 Å². The number of fused-ring (bicyclic) bond motifs is 1. The van der Waals surface area contributed by atoms with Crippen LogP contribution in [-0.4, -0.2) is 69.5 Å². The second kappa shape index (κ2) is 5.90. The van der Waals surface area contributed by atoms with Crippen LogP contribution < -0.4 is 0 Å². The molecule has 2 aliphatic rings. The Bertz CT molecular complexity index is 467. The van der Waals surface area contributed by atoms with E-state index in [2.05, 4.69) is 0 Å². The third-order valence-electron chi connectivity index (χ3n) is 4.93. The normalized spacial score (nSPS) is 35.0. The molecule has 0 unspecified atom stereocenters. The van der Waals surface area contributed by atoms with Gasteiger partial charge in [-0.15, -0.1) is 0 Å². The molecule has 0 aromatic carbocycles. The molecule has 0 aliphatic carbocycles. The molecule has 1 saturated heterocycles. The molecular weight excluding hydrogens is 290 g/mol. The lowest BCUT2D eigenvalue weighted by Gasteiger charge is -2.40. The van der Waals surface area contributed by atoms with Crippen molar-refractivity contribution in [2.45, 2.75) is 51.0 Å². The summed E-state index contributed by atoms with van der Waals surface area (Å²) in [4.78, 5) is 12.2. The third kappa shape index (κ3) is 2.68. The van der Waals surface area contributed by atoms with Crippen LogP contribution in [-0.2, 0) is 9.53 Å². The van der Waals surface area contributed by atoms with E-state index in [9.17, 15) is 25.3 Å². The summed E-state index contributed by atoms with van der Waals surface area (Å²) in [7, 11) is 0. The van der Waals surface area contributed by atoms with E-state index in [1.54, 1.807) is 19.9 Å². The van der Waals surface area contributed by atoms with Crippen LogP contribution in [0.2, 0.25) is 0 Å². The van der Waals surface area contributed by atoms with E-state index < -0.39 is 40.4 Å². The van der Waals surface area contributed by atoms with Gasteiger partial charge in [0.15, 0.2) is 5.60 Å². The first-order valence-electron chi connectivity index (χ1n) is 7.65. The van der Waals surface area contributed by atoms with Crippen molar-refractivity contribution in [3.05, 3.63) is 16.9 Å². The second-order valence-electron chi connectivity index (χ2n) is 6.67. The number of quaternary nitrogens is 1. The van der Waals surface area contributed by atoms with Crippen LogP contribution in [0, 0.1) is 11.1 Å². The van der Waals surface area contributed by atoms with Gasteiger partial charge in [0.2, 0.25) is 0 Å². The molecule has 0 saturated carbocycles. The molecule has 5 atom stereocenters. The summed E-state index contributed by atoms with van der Waals surface area (Å²) >= 11 is 0. The minimum absolute atomic E-state index is 0.148. The summed E-state index contributed by atoms with van der Waals surface area (Å²) in [5.41, 5.74) is -1.40. The van der Waals surface area contributed by atoms with Gasteiger partial charge in [0.1, 0.15) is 18.8 Å². The summed E-state index contributed by atoms with van der Waals surface area (Å²) in [6.07, 6.45) is 0.127. The van der Waals surface area contributed by atoms with E-state index in [0.29, 0.717) is 18.5 Å². The number of aliphatic hydroxyl groups is 3. The van der Waals surface area contributed by atoms with Gasteiger partial charge in [-0.25, -0.2) is 4.79 Å². The molecule has 126 valence electrons. The lowest BCUT2D eigenvalue weighted by Crippen LogP contribution is -2.53. The number of rotatable bonds is 5. The Morgan fingerprint density at radius 1 is 1.55 bits per heavy atom. The first kappa shape index (κ1) is 17.4. The lowest BCUT2D eigenvalue weighted by atomic mass is 9.85. The Morgan fingerprint density at radius 2 is 2.18 bits per heavy atom. The standard InChI is InChI=1S/C15H25NO6/c1-9(2)15(20,10(3)17)14(19)22-8-11-4-6-16(21)7-5-12(18)13(11)16/h4,9-10,12-13,17-18,20H,5-8H2,1-3H3/t10-,12-,13+,15-,16+/m1/s1. The van der Waals surface area contributed by atoms with Crippen molar-refractivity contribution in [2.24, 2.45) is 5.92 Å². The number of carbonyl (C=O) groups is 1. The fourth-order valence-electron chi connectivity index (χ4n) is 3.41. The van der Waals surface area contributed by atoms with Crippen LogP contribution in [0.3, 0.4) is 0 Å². The predicted molar refractivity (Wildman–Crippen MR) is 78.3 cm³/mol. The van der Waals surface area contributed by atoms with E-state index in [1.165, 1.54) is 6.92 Å². The van der Waals surface area contributed by atoms with E-state index in [4.69, 9.17) is 4.74 Å². The van der Waals surface area contributed by atoms with Gasteiger partial charge in [0.25, 0.3) is 0 Å².